The maximum Gasteiger partial charge on any atom is 0.256 e. The second-order valence-electron chi connectivity index (χ2n) is 5.55. The molecular formula is C19H12ClNO4. The lowest BCUT2D eigenvalue weighted by molar-refractivity contribution is -0.112. The summed E-state index contributed by atoms with van der Waals surface area (Å²) < 4.78 is 10.5. The van der Waals surface area contributed by atoms with E-state index in [1.165, 1.54) is 12.2 Å². The minimum Gasteiger partial charge on any atom is -0.454 e. The molecule has 0 atom stereocenters. The molecule has 0 saturated heterocycles. The number of hydrogen-bond acceptors (Lipinski definition) is 4. The Kier molecular flexibility index (Phi) is 3.78. The van der Waals surface area contributed by atoms with Gasteiger partial charge in [0, 0.05) is 10.6 Å². The van der Waals surface area contributed by atoms with Crippen molar-refractivity contribution < 1.29 is 19.1 Å². The fourth-order valence-electron chi connectivity index (χ4n) is 2.70. The number of fused-ring (bicyclic) bond motifs is 2. The molecule has 2 aliphatic heterocycles. The number of carbonyl (C=O) groups excluding carboxylic acids is 2. The molecule has 0 spiro atoms. The van der Waals surface area contributed by atoms with Crippen molar-refractivity contribution in [3.63, 3.8) is 0 Å². The molecule has 0 bridgehead atoms. The van der Waals surface area contributed by atoms with Gasteiger partial charge in [-0.15, -0.1) is 0 Å². The van der Waals surface area contributed by atoms with Crippen LogP contribution in [0.4, 0.5) is 5.69 Å². The van der Waals surface area contributed by atoms with E-state index in [2.05, 4.69) is 5.32 Å². The summed E-state index contributed by atoms with van der Waals surface area (Å²) >= 11 is 5.91. The standard InChI is InChI=1S/C19H12ClNO4/c20-12-3-5-14-15(19(23)21-16(14)8-12)9-13(22)4-1-11-2-6-17-18(7-11)25-10-24-17/h1-9H,10H2,(H,21,23)/b4-1+,15-9+. The molecule has 0 fully saturated rings. The van der Waals surface area contributed by atoms with Gasteiger partial charge in [0.15, 0.2) is 17.3 Å². The van der Waals surface area contributed by atoms with Gasteiger partial charge in [0.1, 0.15) is 0 Å². The number of ketones is 1. The number of ether oxygens (including phenoxy) is 2. The van der Waals surface area contributed by atoms with E-state index in [-0.39, 0.29) is 18.5 Å². The van der Waals surface area contributed by atoms with Crippen molar-refractivity contribution in [1.82, 2.24) is 0 Å². The first-order chi connectivity index (χ1) is 12.1. The summed E-state index contributed by atoms with van der Waals surface area (Å²) in [6.45, 7) is 0.200. The zero-order chi connectivity index (χ0) is 17.4. The quantitative estimate of drug-likeness (QED) is 0.855. The molecule has 5 nitrogen and oxygen atoms in total. The Labute approximate surface area is 148 Å². The Bertz CT molecular complexity index is 962. The van der Waals surface area contributed by atoms with Crippen molar-refractivity contribution in [2.75, 3.05) is 12.1 Å². The summed E-state index contributed by atoms with van der Waals surface area (Å²) in [5, 5.41) is 3.22. The van der Waals surface area contributed by atoms with Crippen LogP contribution in [0.1, 0.15) is 11.1 Å². The average Bonchev–Trinajstić information content (AvgIpc) is 3.17. The molecule has 1 amide bonds. The molecule has 1 N–H and O–H groups in total. The molecule has 124 valence electrons. The Hall–Kier alpha value is -3.05. The van der Waals surface area contributed by atoms with Crippen LogP contribution < -0.4 is 14.8 Å². The van der Waals surface area contributed by atoms with Gasteiger partial charge in [0.2, 0.25) is 6.79 Å². The monoisotopic (exact) mass is 353 g/mol. The van der Waals surface area contributed by atoms with E-state index >= 15 is 0 Å². The summed E-state index contributed by atoms with van der Waals surface area (Å²) in [6, 6.07) is 10.5. The highest BCUT2D eigenvalue weighted by atomic mass is 35.5. The van der Waals surface area contributed by atoms with Crippen LogP contribution in [0.3, 0.4) is 0 Å². The lowest BCUT2D eigenvalue weighted by atomic mass is 10.1. The molecular weight excluding hydrogens is 342 g/mol. The number of halogens is 1. The van der Waals surface area contributed by atoms with E-state index in [1.807, 2.05) is 6.07 Å². The average molecular weight is 354 g/mol. The molecule has 2 aromatic carbocycles. The van der Waals surface area contributed by atoms with Gasteiger partial charge in [-0.2, -0.15) is 0 Å². The van der Waals surface area contributed by atoms with Gasteiger partial charge in [-0.3, -0.25) is 9.59 Å². The molecule has 0 unspecified atom stereocenters. The van der Waals surface area contributed by atoms with Gasteiger partial charge >= 0.3 is 0 Å². The molecule has 0 aliphatic carbocycles. The predicted molar refractivity (Wildman–Crippen MR) is 94.7 cm³/mol. The van der Waals surface area contributed by atoms with Gasteiger partial charge in [0.05, 0.1) is 11.3 Å². The maximum absolute atomic E-state index is 12.2. The van der Waals surface area contributed by atoms with E-state index in [1.54, 1.807) is 36.4 Å². The van der Waals surface area contributed by atoms with Crippen molar-refractivity contribution in [1.29, 1.82) is 0 Å². The van der Waals surface area contributed by atoms with Crippen molar-refractivity contribution >= 4 is 40.6 Å². The third kappa shape index (κ3) is 3.02. The minimum absolute atomic E-state index is 0.200. The van der Waals surface area contributed by atoms with E-state index in [4.69, 9.17) is 21.1 Å². The molecule has 25 heavy (non-hydrogen) atoms. The zero-order valence-electron chi connectivity index (χ0n) is 12.9. The Balaban J connectivity index is 1.56. The molecule has 0 saturated carbocycles. The van der Waals surface area contributed by atoms with Crippen LogP contribution in [0.25, 0.3) is 11.6 Å². The molecule has 0 aromatic heterocycles. The number of anilines is 1. The van der Waals surface area contributed by atoms with Gasteiger partial charge in [-0.05, 0) is 42.0 Å². The molecule has 0 radical (unpaired) electrons. The number of carbonyl (C=O) groups is 2. The highest BCUT2D eigenvalue weighted by Gasteiger charge is 2.24. The second kappa shape index (κ2) is 6.11. The van der Waals surface area contributed by atoms with Crippen molar-refractivity contribution in [2.45, 2.75) is 0 Å². The highest BCUT2D eigenvalue weighted by Crippen LogP contribution is 2.34. The number of allylic oxidation sites excluding steroid dienone is 2. The number of nitrogens with one attached hydrogen (secondary N) is 1. The highest BCUT2D eigenvalue weighted by molar-refractivity contribution is 6.36. The van der Waals surface area contributed by atoms with Crippen molar-refractivity contribution in [3.05, 3.63) is 64.7 Å². The fourth-order valence-corrected chi connectivity index (χ4v) is 2.87. The number of hydrogen-bond donors (Lipinski definition) is 1. The van der Waals surface area contributed by atoms with Crippen LogP contribution in [-0.4, -0.2) is 18.5 Å². The Morgan fingerprint density at radius 1 is 1.12 bits per heavy atom. The van der Waals surface area contributed by atoms with E-state index in [9.17, 15) is 9.59 Å². The van der Waals surface area contributed by atoms with Gasteiger partial charge in [-0.25, -0.2) is 0 Å². The zero-order valence-corrected chi connectivity index (χ0v) is 13.7. The van der Waals surface area contributed by atoms with Crippen LogP contribution in [0.15, 0.2) is 48.6 Å². The maximum atomic E-state index is 12.2. The fraction of sp³-hybridized carbons (Fsp3) is 0.0526. The molecule has 2 heterocycles. The smallest absolute Gasteiger partial charge is 0.256 e. The summed E-state index contributed by atoms with van der Waals surface area (Å²) in [6.07, 6.45) is 4.39. The minimum atomic E-state index is -0.318. The van der Waals surface area contributed by atoms with Gasteiger partial charge in [-0.1, -0.05) is 29.8 Å². The molecule has 2 aliphatic rings. The molecule has 4 rings (SSSR count). The largest absolute Gasteiger partial charge is 0.454 e. The number of rotatable bonds is 3. The van der Waals surface area contributed by atoms with Crippen LogP contribution in [-0.2, 0) is 9.59 Å². The van der Waals surface area contributed by atoms with Crippen LogP contribution in [0, 0.1) is 0 Å². The van der Waals surface area contributed by atoms with Crippen molar-refractivity contribution in [3.8, 4) is 11.5 Å². The third-order valence-electron chi connectivity index (χ3n) is 3.89. The summed E-state index contributed by atoms with van der Waals surface area (Å²) in [4.78, 5) is 24.3. The van der Waals surface area contributed by atoms with Crippen LogP contribution >= 0.6 is 11.6 Å². The lowest BCUT2D eigenvalue weighted by Gasteiger charge is -1.98. The summed E-state index contributed by atoms with van der Waals surface area (Å²) in [5.41, 5.74) is 2.40. The van der Waals surface area contributed by atoms with Gasteiger partial charge in [0.25, 0.3) is 5.91 Å². The molecule has 2 aromatic rings. The predicted octanol–water partition coefficient (Wildman–Crippen LogP) is 3.69. The third-order valence-corrected chi connectivity index (χ3v) is 4.12. The van der Waals surface area contributed by atoms with Crippen molar-refractivity contribution in [2.24, 2.45) is 0 Å². The normalized spacial score (nSPS) is 16.4. The SMILES string of the molecule is O=C(/C=C/c1ccc2c(c1)OCO2)/C=C1/C(=O)Nc2cc(Cl)ccc21. The summed E-state index contributed by atoms with van der Waals surface area (Å²) in [5.74, 6) is 0.727. The second-order valence-corrected chi connectivity index (χ2v) is 5.99. The topological polar surface area (TPSA) is 64.6 Å². The van der Waals surface area contributed by atoms with Crippen LogP contribution in [0.5, 0.6) is 11.5 Å². The lowest BCUT2D eigenvalue weighted by Crippen LogP contribution is -2.05. The van der Waals surface area contributed by atoms with Gasteiger partial charge < -0.3 is 14.8 Å². The van der Waals surface area contributed by atoms with Crippen LogP contribution in [0.2, 0.25) is 5.02 Å². The van der Waals surface area contributed by atoms with E-state index < -0.39 is 0 Å². The number of benzene rings is 2. The Morgan fingerprint density at radius 2 is 1.96 bits per heavy atom. The molecule has 6 heteroatoms. The first-order valence-corrected chi connectivity index (χ1v) is 7.92. The summed E-state index contributed by atoms with van der Waals surface area (Å²) in [7, 11) is 0. The first kappa shape index (κ1) is 15.5. The Morgan fingerprint density at radius 3 is 2.84 bits per heavy atom. The van der Waals surface area contributed by atoms with E-state index in [0.29, 0.717) is 33.3 Å². The van der Waals surface area contributed by atoms with E-state index in [0.717, 1.165) is 5.56 Å². The first-order valence-electron chi connectivity index (χ1n) is 7.55. The number of amides is 1.